The van der Waals surface area contributed by atoms with Crippen molar-refractivity contribution in [3.05, 3.63) is 47.7 Å². The van der Waals surface area contributed by atoms with Crippen LogP contribution < -0.4 is 10.6 Å². The van der Waals surface area contributed by atoms with E-state index in [0.29, 0.717) is 24.4 Å². The molecule has 0 spiro atoms. The van der Waals surface area contributed by atoms with Gasteiger partial charge in [-0.15, -0.1) is 0 Å². The summed E-state index contributed by atoms with van der Waals surface area (Å²) in [5.74, 6) is 0.253. The van der Waals surface area contributed by atoms with Gasteiger partial charge in [-0.2, -0.15) is 5.10 Å². The zero-order chi connectivity index (χ0) is 16.2. The Morgan fingerprint density at radius 1 is 1.26 bits per heavy atom. The maximum Gasteiger partial charge on any atom is 0.272 e. The van der Waals surface area contributed by atoms with Gasteiger partial charge in [0.15, 0.2) is 5.69 Å². The Kier molecular flexibility index (Phi) is 4.41. The average molecular weight is 312 g/mol. The second-order valence-electron chi connectivity index (χ2n) is 5.82. The van der Waals surface area contributed by atoms with Crippen molar-refractivity contribution in [1.82, 2.24) is 15.1 Å². The zero-order valence-electron chi connectivity index (χ0n) is 13.1. The molecule has 3 rings (SSSR count). The molecule has 1 aliphatic rings. The first-order valence-electron chi connectivity index (χ1n) is 7.80. The zero-order valence-corrected chi connectivity index (χ0v) is 13.1. The van der Waals surface area contributed by atoms with E-state index in [1.54, 1.807) is 13.1 Å². The van der Waals surface area contributed by atoms with Gasteiger partial charge in [0.2, 0.25) is 5.91 Å². The number of hydrogen-bond donors (Lipinski definition) is 2. The molecule has 2 amide bonds. The van der Waals surface area contributed by atoms with E-state index in [4.69, 9.17) is 0 Å². The molecule has 0 atom stereocenters. The summed E-state index contributed by atoms with van der Waals surface area (Å²) in [6.07, 6.45) is 3.13. The van der Waals surface area contributed by atoms with E-state index in [1.165, 1.54) is 4.68 Å². The molecule has 23 heavy (non-hydrogen) atoms. The van der Waals surface area contributed by atoms with Crippen LogP contribution in [0.2, 0.25) is 0 Å². The van der Waals surface area contributed by atoms with Crippen molar-refractivity contribution in [1.29, 1.82) is 0 Å². The highest BCUT2D eigenvalue weighted by molar-refractivity contribution is 5.95. The minimum absolute atomic E-state index is 0.0917. The van der Waals surface area contributed by atoms with Crippen molar-refractivity contribution in [2.75, 3.05) is 5.32 Å². The number of aromatic nitrogens is 2. The topological polar surface area (TPSA) is 76.0 Å². The lowest BCUT2D eigenvalue weighted by molar-refractivity contribution is -0.116. The van der Waals surface area contributed by atoms with Crippen LogP contribution in [0.5, 0.6) is 0 Å². The summed E-state index contributed by atoms with van der Waals surface area (Å²) in [6.45, 7) is 0. The van der Waals surface area contributed by atoms with Crippen LogP contribution in [-0.2, 0) is 18.3 Å². The molecule has 0 bridgehead atoms. The summed E-state index contributed by atoms with van der Waals surface area (Å²) < 4.78 is 1.52. The fourth-order valence-electron chi connectivity index (χ4n) is 2.29. The number of nitrogens with one attached hydrogen (secondary N) is 2. The molecule has 120 valence electrons. The highest BCUT2D eigenvalue weighted by Crippen LogP contribution is 2.19. The van der Waals surface area contributed by atoms with Crippen molar-refractivity contribution in [3.63, 3.8) is 0 Å². The molecule has 1 aliphatic carbocycles. The van der Waals surface area contributed by atoms with Gasteiger partial charge < -0.3 is 10.6 Å². The minimum atomic E-state index is -0.187. The maximum atomic E-state index is 12.1. The summed E-state index contributed by atoms with van der Waals surface area (Å²) in [7, 11) is 1.71. The van der Waals surface area contributed by atoms with Crippen LogP contribution >= 0.6 is 0 Å². The molecule has 0 saturated heterocycles. The van der Waals surface area contributed by atoms with Crippen molar-refractivity contribution in [2.45, 2.75) is 31.7 Å². The predicted molar refractivity (Wildman–Crippen MR) is 87.1 cm³/mol. The van der Waals surface area contributed by atoms with Crippen LogP contribution in [0.4, 0.5) is 5.82 Å². The fourth-order valence-corrected chi connectivity index (χ4v) is 2.29. The number of rotatable bonds is 6. The number of nitrogens with zero attached hydrogens (tertiary/aromatic N) is 2. The molecule has 0 radical (unpaired) electrons. The molecule has 1 aromatic carbocycles. The van der Waals surface area contributed by atoms with Gasteiger partial charge in [-0.1, -0.05) is 30.3 Å². The highest BCUT2D eigenvalue weighted by atomic mass is 16.2. The Bertz CT molecular complexity index is 705. The van der Waals surface area contributed by atoms with Crippen LogP contribution in [0.15, 0.2) is 36.4 Å². The number of carbonyl (C=O) groups excluding carboxylic acids is 2. The van der Waals surface area contributed by atoms with Gasteiger partial charge >= 0.3 is 0 Å². The largest absolute Gasteiger partial charge is 0.348 e. The molecule has 1 fully saturated rings. The molecule has 6 heteroatoms. The fraction of sp³-hybridized carbons (Fsp3) is 0.353. The molecule has 0 unspecified atom stereocenters. The van der Waals surface area contributed by atoms with Crippen molar-refractivity contribution >= 4 is 17.6 Å². The van der Waals surface area contributed by atoms with Gasteiger partial charge in [-0.3, -0.25) is 14.3 Å². The molecule has 2 aromatic rings. The lowest BCUT2D eigenvalue weighted by Gasteiger charge is -2.05. The van der Waals surface area contributed by atoms with Crippen LogP contribution in [-0.4, -0.2) is 27.6 Å². The summed E-state index contributed by atoms with van der Waals surface area (Å²) in [4.78, 5) is 24.0. The highest BCUT2D eigenvalue weighted by Gasteiger charge is 2.25. The smallest absolute Gasteiger partial charge is 0.272 e. The van der Waals surface area contributed by atoms with Gasteiger partial charge in [-0.05, 0) is 24.8 Å². The van der Waals surface area contributed by atoms with Gasteiger partial charge in [0, 0.05) is 25.6 Å². The van der Waals surface area contributed by atoms with Crippen LogP contribution in [0.3, 0.4) is 0 Å². The average Bonchev–Trinajstić information content (AvgIpc) is 3.29. The van der Waals surface area contributed by atoms with E-state index in [1.807, 2.05) is 30.3 Å². The predicted octanol–water partition coefficient (Wildman–Crippen LogP) is 1.88. The van der Waals surface area contributed by atoms with Crippen molar-refractivity contribution in [3.8, 4) is 0 Å². The summed E-state index contributed by atoms with van der Waals surface area (Å²) in [6, 6.07) is 11.8. The Hall–Kier alpha value is -2.63. The number of aryl methyl sites for hydroxylation is 2. The Balaban J connectivity index is 1.55. The molecule has 1 heterocycles. The quantitative estimate of drug-likeness (QED) is 0.855. The first-order chi connectivity index (χ1) is 11.1. The lowest BCUT2D eigenvalue weighted by Crippen LogP contribution is -2.25. The number of hydrogen-bond acceptors (Lipinski definition) is 3. The van der Waals surface area contributed by atoms with E-state index in [9.17, 15) is 9.59 Å². The summed E-state index contributed by atoms with van der Waals surface area (Å²) in [5, 5.41) is 9.84. The van der Waals surface area contributed by atoms with Gasteiger partial charge in [0.25, 0.3) is 5.91 Å². The van der Waals surface area contributed by atoms with E-state index in [-0.39, 0.29) is 17.9 Å². The molecule has 0 aliphatic heterocycles. The molecular formula is C17H20N4O2. The maximum absolute atomic E-state index is 12.1. The number of benzene rings is 1. The Morgan fingerprint density at radius 2 is 2.00 bits per heavy atom. The monoisotopic (exact) mass is 312 g/mol. The Labute approximate surface area is 134 Å². The normalized spacial score (nSPS) is 13.6. The van der Waals surface area contributed by atoms with Crippen LogP contribution in [0.1, 0.15) is 35.3 Å². The first-order valence-corrected chi connectivity index (χ1v) is 7.80. The third-order valence-corrected chi connectivity index (χ3v) is 3.78. The molecule has 1 saturated carbocycles. The van der Waals surface area contributed by atoms with Gasteiger partial charge in [0.1, 0.15) is 5.82 Å². The lowest BCUT2D eigenvalue weighted by atomic mass is 10.1. The number of carbonyl (C=O) groups is 2. The van der Waals surface area contributed by atoms with E-state index in [2.05, 4.69) is 15.7 Å². The van der Waals surface area contributed by atoms with E-state index in [0.717, 1.165) is 18.4 Å². The van der Waals surface area contributed by atoms with Gasteiger partial charge in [0.05, 0.1) is 0 Å². The molecule has 2 N–H and O–H groups in total. The third-order valence-electron chi connectivity index (χ3n) is 3.78. The van der Waals surface area contributed by atoms with E-state index >= 15 is 0 Å². The number of amides is 2. The Morgan fingerprint density at radius 3 is 2.70 bits per heavy atom. The van der Waals surface area contributed by atoms with E-state index < -0.39 is 0 Å². The summed E-state index contributed by atoms with van der Waals surface area (Å²) >= 11 is 0. The minimum Gasteiger partial charge on any atom is -0.348 e. The van der Waals surface area contributed by atoms with Crippen LogP contribution in [0.25, 0.3) is 0 Å². The van der Waals surface area contributed by atoms with Crippen LogP contribution in [0, 0.1) is 0 Å². The molecule has 1 aromatic heterocycles. The second-order valence-corrected chi connectivity index (χ2v) is 5.82. The van der Waals surface area contributed by atoms with Gasteiger partial charge in [-0.25, -0.2) is 0 Å². The SMILES string of the molecule is Cn1nc(C(=O)NC2CC2)cc1NC(=O)CCc1ccccc1. The standard InChI is InChI=1S/C17H20N4O2/c1-21-15(11-14(20-21)17(23)18-13-8-9-13)19-16(22)10-7-12-5-3-2-4-6-12/h2-6,11,13H,7-10H2,1H3,(H,18,23)(H,19,22). The molecular weight excluding hydrogens is 292 g/mol. The number of anilines is 1. The second kappa shape index (κ2) is 6.64. The first kappa shape index (κ1) is 15.3. The summed E-state index contributed by atoms with van der Waals surface area (Å²) in [5.41, 5.74) is 1.45. The van der Waals surface area contributed by atoms with Crippen molar-refractivity contribution in [2.24, 2.45) is 7.05 Å². The molecule has 6 nitrogen and oxygen atoms in total. The van der Waals surface area contributed by atoms with Crippen molar-refractivity contribution < 1.29 is 9.59 Å². The third kappa shape index (κ3) is 4.18.